The maximum Gasteiger partial charge on any atom is 0.226 e. The quantitative estimate of drug-likeness (QED) is 0.748. The van der Waals surface area contributed by atoms with Crippen LogP contribution in [0.5, 0.6) is 11.5 Å². The van der Waals surface area contributed by atoms with Crippen LogP contribution >= 0.6 is 0 Å². The normalized spacial score (nSPS) is 10.4. The fraction of sp³-hybridized carbons (Fsp3) is 0.333. The summed E-state index contributed by atoms with van der Waals surface area (Å²) in [6, 6.07) is 12.8. The van der Waals surface area contributed by atoms with Gasteiger partial charge < -0.3 is 20.1 Å². The van der Waals surface area contributed by atoms with Gasteiger partial charge in [0.05, 0.1) is 20.6 Å². The van der Waals surface area contributed by atoms with Crippen LogP contribution in [0.15, 0.2) is 42.5 Å². The van der Waals surface area contributed by atoms with Gasteiger partial charge in [-0.15, -0.1) is 0 Å². The first-order valence-corrected chi connectivity index (χ1v) is 8.80. The molecular formula is C21H26N2O4. The van der Waals surface area contributed by atoms with Crippen molar-refractivity contribution in [2.75, 3.05) is 19.5 Å². The molecule has 0 aliphatic carbocycles. The topological polar surface area (TPSA) is 76.7 Å². The molecule has 0 unspecified atom stereocenters. The van der Waals surface area contributed by atoms with Gasteiger partial charge in [0.15, 0.2) is 0 Å². The zero-order valence-corrected chi connectivity index (χ0v) is 16.2. The molecule has 0 fully saturated rings. The summed E-state index contributed by atoms with van der Waals surface area (Å²) in [5.41, 5.74) is 2.45. The van der Waals surface area contributed by atoms with Crippen molar-refractivity contribution < 1.29 is 19.1 Å². The van der Waals surface area contributed by atoms with Gasteiger partial charge in [-0.25, -0.2) is 0 Å². The average molecular weight is 370 g/mol. The van der Waals surface area contributed by atoms with Crippen LogP contribution in [0.1, 0.15) is 25.0 Å². The van der Waals surface area contributed by atoms with Gasteiger partial charge >= 0.3 is 0 Å². The number of ether oxygens (including phenoxy) is 2. The molecule has 0 saturated carbocycles. The number of anilines is 1. The zero-order chi connectivity index (χ0) is 19.8. The number of carbonyl (C=O) groups excluding carboxylic acids is 2. The van der Waals surface area contributed by atoms with Crippen molar-refractivity contribution in [3.8, 4) is 11.5 Å². The maximum atomic E-state index is 12.3. The number of amides is 2. The molecule has 27 heavy (non-hydrogen) atoms. The number of rotatable bonds is 8. The summed E-state index contributed by atoms with van der Waals surface area (Å²) in [6.07, 6.45) is 0.197. The predicted molar refractivity (Wildman–Crippen MR) is 105 cm³/mol. The molecule has 0 radical (unpaired) electrons. The van der Waals surface area contributed by atoms with E-state index in [9.17, 15) is 9.59 Å². The Balaban J connectivity index is 1.91. The molecule has 6 heteroatoms. The Hall–Kier alpha value is -3.02. The molecular weight excluding hydrogens is 344 g/mol. The second-order valence-electron chi connectivity index (χ2n) is 6.47. The molecule has 2 aromatic rings. The van der Waals surface area contributed by atoms with Gasteiger partial charge in [0.1, 0.15) is 11.5 Å². The monoisotopic (exact) mass is 370 g/mol. The summed E-state index contributed by atoms with van der Waals surface area (Å²) >= 11 is 0. The van der Waals surface area contributed by atoms with Crippen LogP contribution in [0.2, 0.25) is 0 Å². The second-order valence-corrected chi connectivity index (χ2v) is 6.47. The Morgan fingerprint density at radius 3 is 2.30 bits per heavy atom. The first-order chi connectivity index (χ1) is 12.9. The lowest BCUT2D eigenvalue weighted by Gasteiger charge is -2.11. The van der Waals surface area contributed by atoms with Crippen LogP contribution in [-0.2, 0) is 22.6 Å². The van der Waals surface area contributed by atoms with Gasteiger partial charge in [-0.05, 0) is 35.9 Å². The highest BCUT2D eigenvalue weighted by molar-refractivity contribution is 5.92. The first kappa shape index (κ1) is 20.3. The molecule has 6 nitrogen and oxygen atoms in total. The lowest BCUT2D eigenvalue weighted by atomic mass is 10.1. The number of benzene rings is 2. The minimum absolute atomic E-state index is 0.0247. The summed E-state index contributed by atoms with van der Waals surface area (Å²) in [4.78, 5) is 24.0. The van der Waals surface area contributed by atoms with E-state index in [1.54, 1.807) is 32.4 Å². The molecule has 2 amide bonds. The average Bonchev–Trinajstić information content (AvgIpc) is 2.67. The molecule has 0 heterocycles. The Morgan fingerprint density at radius 1 is 1.00 bits per heavy atom. The molecule has 0 aliphatic heterocycles. The third-order valence-corrected chi connectivity index (χ3v) is 4.07. The minimum atomic E-state index is -0.112. The minimum Gasteiger partial charge on any atom is -0.497 e. The van der Waals surface area contributed by atoms with Crippen LogP contribution in [-0.4, -0.2) is 26.0 Å². The molecule has 0 bridgehead atoms. The van der Waals surface area contributed by atoms with Crippen LogP contribution < -0.4 is 20.1 Å². The van der Waals surface area contributed by atoms with Crippen LogP contribution in [0.25, 0.3) is 0 Å². The van der Waals surface area contributed by atoms with E-state index >= 15 is 0 Å². The number of hydrogen-bond acceptors (Lipinski definition) is 4. The van der Waals surface area contributed by atoms with Crippen molar-refractivity contribution in [1.82, 2.24) is 5.32 Å². The summed E-state index contributed by atoms with van der Waals surface area (Å²) in [5.74, 6) is 1.12. The Bertz CT molecular complexity index is 785. The molecule has 0 spiro atoms. The largest absolute Gasteiger partial charge is 0.497 e. The molecule has 0 aromatic heterocycles. The third-order valence-electron chi connectivity index (χ3n) is 4.07. The smallest absolute Gasteiger partial charge is 0.226 e. The SMILES string of the molecule is COc1ccc(OC)c(CC(=O)NCc2ccc(NC(=O)C(C)C)cc2)c1. The lowest BCUT2D eigenvalue weighted by molar-refractivity contribution is -0.120. The van der Waals surface area contributed by atoms with E-state index in [4.69, 9.17) is 9.47 Å². The van der Waals surface area contributed by atoms with Gasteiger partial charge in [0, 0.05) is 23.7 Å². The zero-order valence-electron chi connectivity index (χ0n) is 16.2. The van der Waals surface area contributed by atoms with Crippen molar-refractivity contribution >= 4 is 17.5 Å². The fourth-order valence-corrected chi connectivity index (χ4v) is 2.45. The van der Waals surface area contributed by atoms with Gasteiger partial charge in [-0.3, -0.25) is 9.59 Å². The molecule has 0 aliphatic rings. The number of hydrogen-bond donors (Lipinski definition) is 2. The van der Waals surface area contributed by atoms with Crippen LogP contribution in [0.3, 0.4) is 0 Å². The molecule has 2 aromatic carbocycles. The summed E-state index contributed by atoms with van der Waals surface area (Å²) in [5, 5.41) is 5.73. The van der Waals surface area contributed by atoms with Crippen molar-refractivity contribution in [3.05, 3.63) is 53.6 Å². The van der Waals surface area contributed by atoms with Gasteiger partial charge in [-0.2, -0.15) is 0 Å². The summed E-state index contributed by atoms with van der Waals surface area (Å²) in [6.45, 7) is 4.09. The van der Waals surface area contributed by atoms with Crippen molar-refractivity contribution in [2.24, 2.45) is 5.92 Å². The molecule has 0 atom stereocenters. The fourth-order valence-electron chi connectivity index (χ4n) is 2.45. The number of nitrogens with one attached hydrogen (secondary N) is 2. The van der Waals surface area contributed by atoms with E-state index in [2.05, 4.69) is 10.6 Å². The lowest BCUT2D eigenvalue weighted by Crippen LogP contribution is -2.24. The second kappa shape index (κ2) is 9.62. The van der Waals surface area contributed by atoms with E-state index in [1.165, 1.54) is 0 Å². The standard InChI is InChI=1S/C21H26N2O4/c1-14(2)21(25)23-17-7-5-15(6-8-17)13-22-20(24)12-16-11-18(26-3)9-10-19(16)27-4/h5-11,14H,12-13H2,1-4H3,(H,22,24)(H,23,25). The molecule has 144 valence electrons. The van der Waals surface area contributed by atoms with Gasteiger partial charge in [0.2, 0.25) is 11.8 Å². The number of methoxy groups -OCH3 is 2. The highest BCUT2D eigenvalue weighted by atomic mass is 16.5. The maximum absolute atomic E-state index is 12.3. The number of carbonyl (C=O) groups is 2. The van der Waals surface area contributed by atoms with E-state index in [0.29, 0.717) is 18.0 Å². The van der Waals surface area contributed by atoms with Crippen molar-refractivity contribution in [2.45, 2.75) is 26.8 Å². The summed E-state index contributed by atoms with van der Waals surface area (Å²) in [7, 11) is 3.15. The van der Waals surface area contributed by atoms with Crippen molar-refractivity contribution in [1.29, 1.82) is 0 Å². The van der Waals surface area contributed by atoms with Crippen LogP contribution in [0, 0.1) is 5.92 Å². The van der Waals surface area contributed by atoms with Crippen LogP contribution in [0.4, 0.5) is 5.69 Å². The van der Waals surface area contributed by atoms with E-state index < -0.39 is 0 Å². The highest BCUT2D eigenvalue weighted by Gasteiger charge is 2.11. The molecule has 2 rings (SSSR count). The van der Waals surface area contributed by atoms with Gasteiger partial charge in [0.25, 0.3) is 0 Å². The van der Waals surface area contributed by atoms with E-state index in [0.717, 1.165) is 16.8 Å². The molecule has 0 saturated heterocycles. The first-order valence-electron chi connectivity index (χ1n) is 8.80. The van der Waals surface area contributed by atoms with E-state index in [-0.39, 0.29) is 24.2 Å². The predicted octanol–water partition coefficient (Wildman–Crippen LogP) is 3.16. The Kier molecular flexibility index (Phi) is 7.23. The Morgan fingerprint density at radius 2 is 1.70 bits per heavy atom. The van der Waals surface area contributed by atoms with Crippen molar-refractivity contribution in [3.63, 3.8) is 0 Å². The molecule has 2 N–H and O–H groups in total. The summed E-state index contributed by atoms with van der Waals surface area (Å²) < 4.78 is 10.5. The highest BCUT2D eigenvalue weighted by Crippen LogP contribution is 2.24. The van der Waals surface area contributed by atoms with E-state index in [1.807, 2.05) is 38.1 Å². The van der Waals surface area contributed by atoms with Gasteiger partial charge in [-0.1, -0.05) is 26.0 Å². The Labute approximate surface area is 159 Å². The third kappa shape index (κ3) is 6.02.